The number of benzene rings is 1. The van der Waals surface area contributed by atoms with E-state index < -0.39 is 5.56 Å². The number of piperidine rings is 1. The van der Waals surface area contributed by atoms with Crippen LogP contribution in [0.3, 0.4) is 0 Å². The SMILES string of the molecule is CSc1ccc2cc(CN(Cc3ccco3)C(=O)c3cc(C)c(C)[nH]c3=O)c(N3CCC(O)CC3)nc2c1. The second-order valence-electron chi connectivity index (χ2n) is 9.81. The number of nitrogens with one attached hydrogen (secondary N) is 1. The lowest BCUT2D eigenvalue weighted by Gasteiger charge is -2.33. The Labute approximate surface area is 225 Å². The molecule has 0 aliphatic carbocycles. The van der Waals surface area contributed by atoms with E-state index in [9.17, 15) is 14.7 Å². The number of thioether (sulfide) groups is 1. The number of amides is 1. The number of fused-ring (bicyclic) bond motifs is 1. The Morgan fingerprint density at radius 2 is 1.97 bits per heavy atom. The minimum atomic E-state index is -0.408. The fourth-order valence-corrected chi connectivity index (χ4v) is 5.26. The van der Waals surface area contributed by atoms with Crippen LogP contribution in [0, 0.1) is 13.8 Å². The first kappa shape index (κ1) is 26.1. The zero-order valence-electron chi connectivity index (χ0n) is 21.9. The van der Waals surface area contributed by atoms with E-state index in [-0.39, 0.29) is 30.7 Å². The van der Waals surface area contributed by atoms with E-state index >= 15 is 0 Å². The number of furan rings is 1. The third-order valence-electron chi connectivity index (χ3n) is 7.15. The maximum Gasteiger partial charge on any atom is 0.261 e. The van der Waals surface area contributed by atoms with E-state index in [2.05, 4.69) is 28.1 Å². The van der Waals surface area contributed by atoms with Crippen molar-refractivity contribution in [3.63, 3.8) is 0 Å². The number of hydrogen-bond donors (Lipinski definition) is 2. The molecular weight excluding hydrogens is 500 g/mol. The number of aliphatic hydroxyl groups is 1. The van der Waals surface area contributed by atoms with Crippen LogP contribution < -0.4 is 10.5 Å². The van der Waals surface area contributed by atoms with Crippen molar-refractivity contribution in [3.8, 4) is 0 Å². The molecule has 1 aromatic carbocycles. The molecule has 38 heavy (non-hydrogen) atoms. The van der Waals surface area contributed by atoms with Gasteiger partial charge in [-0.2, -0.15) is 0 Å². The van der Waals surface area contributed by atoms with Crippen LogP contribution in [0.4, 0.5) is 5.82 Å². The van der Waals surface area contributed by atoms with Crippen molar-refractivity contribution < 1.29 is 14.3 Å². The fourth-order valence-electron chi connectivity index (χ4n) is 4.83. The Morgan fingerprint density at radius 1 is 1.18 bits per heavy atom. The minimum absolute atomic E-state index is 0.0978. The second-order valence-corrected chi connectivity index (χ2v) is 10.7. The van der Waals surface area contributed by atoms with Crippen molar-refractivity contribution in [3.05, 3.63) is 87.2 Å². The monoisotopic (exact) mass is 532 g/mol. The van der Waals surface area contributed by atoms with Gasteiger partial charge in [0.25, 0.3) is 11.5 Å². The summed E-state index contributed by atoms with van der Waals surface area (Å²) in [5.41, 5.74) is 3.04. The molecule has 0 radical (unpaired) electrons. The van der Waals surface area contributed by atoms with Crippen LogP contribution in [0.5, 0.6) is 0 Å². The topological polar surface area (TPSA) is 103 Å². The van der Waals surface area contributed by atoms with E-state index in [1.54, 1.807) is 35.1 Å². The summed E-state index contributed by atoms with van der Waals surface area (Å²) in [5, 5.41) is 11.1. The lowest BCUT2D eigenvalue weighted by Crippen LogP contribution is -2.38. The summed E-state index contributed by atoms with van der Waals surface area (Å²) < 4.78 is 5.58. The van der Waals surface area contributed by atoms with Gasteiger partial charge in [0.05, 0.1) is 31.0 Å². The summed E-state index contributed by atoms with van der Waals surface area (Å²) in [6.45, 7) is 5.50. The number of hydrogen-bond acceptors (Lipinski definition) is 7. The number of carbonyl (C=O) groups is 1. The molecule has 1 saturated heterocycles. The average Bonchev–Trinajstić information content (AvgIpc) is 3.43. The quantitative estimate of drug-likeness (QED) is 0.334. The second kappa shape index (κ2) is 11.0. The standard InChI is InChI=1S/C29H32N4O4S/c1-18-13-25(28(35)30-19(18)2)29(36)33(17-23-5-4-12-37-23)16-21-14-20-6-7-24(38-3)15-26(20)31-27(21)32-10-8-22(34)9-11-32/h4-7,12-15,22,34H,8-11,16-17H2,1-3H3,(H,30,35). The number of aliphatic hydroxyl groups excluding tert-OH is 1. The number of nitrogens with zero attached hydrogens (tertiary/aromatic N) is 3. The van der Waals surface area contributed by atoms with Crippen LogP contribution in [0.2, 0.25) is 0 Å². The molecule has 1 aliphatic heterocycles. The lowest BCUT2D eigenvalue weighted by molar-refractivity contribution is 0.0716. The third kappa shape index (κ3) is 5.49. The van der Waals surface area contributed by atoms with E-state index in [0.717, 1.165) is 38.4 Å². The number of aryl methyl sites for hydroxylation is 2. The molecule has 8 nitrogen and oxygen atoms in total. The first-order valence-corrected chi connectivity index (χ1v) is 14.0. The Morgan fingerprint density at radius 3 is 2.68 bits per heavy atom. The molecule has 1 fully saturated rings. The molecule has 4 heterocycles. The zero-order valence-corrected chi connectivity index (χ0v) is 22.7. The van der Waals surface area contributed by atoms with Crippen LogP contribution in [0.25, 0.3) is 10.9 Å². The van der Waals surface area contributed by atoms with E-state index in [0.29, 0.717) is 31.7 Å². The molecule has 1 amide bonds. The number of rotatable bonds is 7. The summed E-state index contributed by atoms with van der Waals surface area (Å²) in [5.74, 6) is 1.05. The highest BCUT2D eigenvalue weighted by molar-refractivity contribution is 7.98. The predicted molar refractivity (Wildman–Crippen MR) is 150 cm³/mol. The summed E-state index contributed by atoms with van der Waals surface area (Å²) in [7, 11) is 0. The summed E-state index contributed by atoms with van der Waals surface area (Å²) in [6.07, 6.45) is 4.63. The van der Waals surface area contributed by atoms with Gasteiger partial charge in [-0.15, -0.1) is 11.8 Å². The van der Waals surface area contributed by atoms with Crippen molar-refractivity contribution in [2.45, 2.75) is 50.8 Å². The Balaban J connectivity index is 1.58. The summed E-state index contributed by atoms with van der Waals surface area (Å²) in [4.78, 5) is 39.4. The Hall–Kier alpha value is -3.56. The molecule has 5 rings (SSSR count). The average molecular weight is 533 g/mol. The zero-order chi connectivity index (χ0) is 26.8. The molecule has 4 aromatic rings. The van der Waals surface area contributed by atoms with Crippen LogP contribution in [0.15, 0.2) is 62.8 Å². The van der Waals surface area contributed by atoms with Crippen LogP contribution in [-0.2, 0) is 13.1 Å². The van der Waals surface area contributed by atoms with Gasteiger partial charge < -0.3 is 24.3 Å². The fraction of sp³-hybridized carbons (Fsp3) is 0.345. The number of anilines is 1. The Bertz CT molecular complexity index is 1510. The van der Waals surface area contributed by atoms with Gasteiger partial charge in [-0.3, -0.25) is 9.59 Å². The van der Waals surface area contributed by atoms with E-state index in [1.807, 2.05) is 32.2 Å². The lowest BCUT2D eigenvalue weighted by atomic mass is 10.1. The van der Waals surface area contributed by atoms with Gasteiger partial charge in [0, 0.05) is 34.6 Å². The number of aromatic amines is 1. The van der Waals surface area contributed by atoms with Gasteiger partial charge in [0.15, 0.2) is 0 Å². The Kier molecular flexibility index (Phi) is 7.58. The maximum atomic E-state index is 13.8. The number of H-pyrrole nitrogens is 1. The molecule has 0 atom stereocenters. The van der Waals surface area contributed by atoms with Crippen molar-refractivity contribution >= 4 is 34.4 Å². The molecule has 0 unspecified atom stereocenters. The van der Waals surface area contributed by atoms with Gasteiger partial charge in [-0.1, -0.05) is 6.07 Å². The molecule has 0 saturated carbocycles. The molecule has 198 valence electrons. The maximum absolute atomic E-state index is 13.8. The van der Waals surface area contributed by atoms with E-state index in [1.165, 1.54) is 0 Å². The van der Waals surface area contributed by atoms with Gasteiger partial charge in [0.1, 0.15) is 17.1 Å². The highest BCUT2D eigenvalue weighted by Gasteiger charge is 2.26. The van der Waals surface area contributed by atoms with Crippen LogP contribution >= 0.6 is 11.8 Å². The predicted octanol–water partition coefficient (Wildman–Crippen LogP) is 4.66. The van der Waals surface area contributed by atoms with Gasteiger partial charge in [-0.25, -0.2) is 4.98 Å². The minimum Gasteiger partial charge on any atom is -0.467 e. The molecule has 3 aromatic heterocycles. The first-order chi connectivity index (χ1) is 18.3. The third-order valence-corrected chi connectivity index (χ3v) is 7.87. The van der Waals surface area contributed by atoms with Crippen LogP contribution in [-0.4, -0.2) is 51.3 Å². The first-order valence-electron chi connectivity index (χ1n) is 12.7. The van der Waals surface area contributed by atoms with Crippen molar-refractivity contribution in [2.75, 3.05) is 24.2 Å². The van der Waals surface area contributed by atoms with Gasteiger partial charge in [0.2, 0.25) is 0 Å². The highest BCUT2D eigenvalue weighted by atomic mass is 32.2. The number of pyridine rings is 2. The van der Waals surface area contributed by atoms with Gasteiger partial charge in [-0.05, 0) is 74.9 Å². The normalized spacial score (nSPS) is 14.3. The van der Waals surface area contributed by atoms with E-state index in [4.69, 9.17) is 9.40 Å². The number of carbonyl (C=O) groups excluding carboxylic acids is 1. The van der Waals surface area contributed by atoms with Crippen molar-refractivity contribution in [1.29, 1.82) is 0 Å². The highest BCUT2D eigenvalue weighted by Crippen LogP contribution is 2.30. The molecule has 1 aliphatic rings. The number of aromatic nitrogens is 2. The molecular formula is C29H32N4O4S. The van der Waals surface area contributed by atoms with Gasteiger partial charge >= 0.3 is 0 Å². The molecule has 0 bridgehead atoms. The largest absolute Gasteiger partial charge is 0.467 e. The van der Waals surface area contributed by atoms with Crippen molar-refractivity contribution in [1.82, 2.24) is 14.9 Å². The smallest absolute Gasteiger partial charge is 0.261 e. The van der Waals surface area contributed by atoms with Crippen molar-refractivity contribution in [2.24, 2.45) is 0 Å². The molecule has 9 heteroatoms. The summed E-state index contributed by atoms with van der Waals surface area (Å²) in [6, 6.07) is 13.5. The van der Waals surface area contributed by atoms with Crippen LogP contribution in [0.1, 0.15) is 45.8 Å². The molecule has 0 spiro atoms. The molecule has 2 N–H and O–H groups in total. The summed E-state index contributed by atoms with van der Waals surface area (Å²) >= 11 is 1.66.